The molecule has 1 amide bonds. The van der Waals surface area contributed by atoms with Crippen LogP contribution in [0.15, 0.2) is 47.1 Å². The lowest BCUT2D eigenvalue weighted by molar-refractivity contribution is -0.115. The van der Waals surface area contributed by atoms with Crippen molar-refractivity contribution in [1.82, 2.24) is 0 Å². The number of hydrogen-bond donors (Lipinski definition) is 1. The molecule has 0 aliphatic carbocycles. The van der Waals surface area contributed by atoms with Gasteiger partial charge in [-0.25, -0.2) is 0 Å². The summed E-state index contributed by atoms with van der Waals surface area (Å²) in [5.41, 5.74) is 5.90. The van der Waals surface area contributed by atoms with Gasteiger partial charge in [0.1, 0.15) is 5.58 Å². The molecule has 0 saturated heterocycles. The van der Waals surface area contributed by atoms with Gasteiger partial charge in [0.15, 0.2) is 0 Å². The summed E-state index contributed by atoms with van der Waals surface area (Å²) in [6.45, 7) is 4.64. The Morgan fingerprint density at radius 2 is 1.96 bits per heavy atom. The first-order valence-corrected chi connectivity index (χ1v) is 7.92. The number of fused-ring (bicyclic) bond motifs is 1. The van der Waals surface area contributed by atoms with Gasteiger partial charge >= 0.3 is 0 Å². The standard InChI is InChI=1S/C20H21NO3/c1-13-7-18-16(12-24-19(18)8-14(13)2)10-20(22)21-17-6-4-5-15(9-17)11-23-3/h4-9,12H,10-11H2,1-3H3,(H,21,22). The van der Waals surface area contributed by atoms with Gasteiger partial charge in [-0.1, -0.05) is 12.1 Å². The van der Waals surface area contributed by atoms with E-state index >= 15 is 0 Å². The maximum Gasteiger partial charge on any atom is 0.228 e. The molecule has 0 spiro atoms. The van der Waals surface area contributed by atoms with Crippen LogP contribution in [-0.2, 0) is 22.6 Å². The Labute approximate surface area is 141 Å². The maximum atomic E-state index is 12.4. The Hall–Kier alpha value is -2.59. The summed E-state index contributed by atoms with van der Waals surface area (Å²) >= 11 is 0. The molecule has 2 aromatic carbocycles. The van der Waals surface area contributed by atoms with E-state index in [1.807, 2.05) is 30.3 Å². The molecule has 3 aromatic rings. The first-order valence-electron chi connectivity index (χ1n) is 7.92. The van der Waals surface area contributed by atoms with E-state index in [1.54, 1.807) is 13.4 Å². The number of rotatable bonds is 5. The molecule has 24 heavy (non-hydrogen) atoms. The van der Waals surface area contributed by atoms with Crippen LogP contribution in [0.5, 0.6) is 0 Å². The molecule has 3 rings (SSSR count). The van der Waals surface area contributed by atoms with Gasteiger partial charge in [0.25, 0.3) is 0 Å². The lowest BCUT2D eigenvalue weighted by Crippen LogP contribution is -2.14. The first kappa shape index (κ1) is 16.3. The molecule has 0 aliphatic heterocycles. The van der Waals surface area contributed by atoms with E-state index in [0.717, 1.165) is 27.8 Å². The number of benzene rings is 2. The molecule has 4 heteroatoms. The summed E-state index contributed by atoms with van der Waals surface area (Å²) in [6, 6.07) is 11.8. The third-order valence-corrected chi connectivity index (χ3v) is 4.14. The molecule has 1 N–H and O–H groups in total. The summed E-state index contributed by atoms with van der Waals surface area (Å²) in [5, 5.41) is 3.93. The lowest BCUT2D eigenvalue weighted by atomic mass is 10.0. The van der Waals surface area contributed by atoms with E-state index in [0.29, 0.717) is 6.61 Å². The third-order valence-electron chi connectivity index (χ3n) is 4.14. The average molecular weight is 323 g/mol. The van der Waals surface area contributed by atoms with E-state index < -0.39 is 0 Å². The third kappa shape index (κ3) is 3.49. The van der Waals surface area contributed by atoms with Crippen molar-refractivity contribution in [2.75, 3.05) is 12.4 Å². The second-order valence-corrected chi connectivity index (χ2v) is 6.05. The molecule has 124 valence electrons. The van der Waals surface area contributed by atoms with E-state index in [2.05, 4.69) is 25.2 Å². The smallest absolute Gasteiger partial charge is 0.228 e. The Morgan fingerprint density at radius 1 is 1.17 bits per heavy atom. The molecule has 4 nitrogen and oxygen atoms in total. The molecule has 0 saturated carbocycles. The summed E-state index contributed by atoms with van der Waals surface area (Å²) in [7, 11) is 1.65. The Bertz CT molecular complexity index is 880. The van der Waals surface area contributed by atoms with Gasteiger partial charge in [0.2, 0.25) is 5.91 Å². The van der Waals surface area contributed by atoms with Crippen molar-refractivity contribution >= 4 is 22.6 Å². The van der Waals surface area contributed by atoms with Crippen LogP contribution in [0.4, 0.5) is 5.69 Å². The SMILES string of the molecule is COCc1cccc(NC(=O)Cc2coc3cc(C)c(C)cc23)c1. The number of carbonyl (C=O) groups excluding carboxylic acids is 1. The van der Waals surface area contributed by atoms with Gasteiger partial charge in [0, 0.05) is 23.7 Å². The highest BCUT2D eigenvalue weighted by atomic mass is 16.5. The van der Waals surface area contributed by atoms with Gasteiger partial charge in [-0.15, -0.1) is 0 Å². The highest BCUT2D eigenvalue weighted by molar-refractivity contribution is 5.95. The van der Waals surface area contributed by atoms with Crippen LogP contribution in [0.2, 0.25) is 0 Å². The number of hydrogen-bond acceptors (Lipinski definition) is 3. The zero-order valence-electron chi connectivity index (χ0n) is 14.2. The van der Waals surface area contributed by atoms with Gasteiger partial charge in [-0.2, -0.15) is 0 Å². The van der Waals surface area contributed by atoms with Crippen molar-refractivity contribution in [2.24, 2.45) is 0 Å². The van der Waals surface area contributed by atoms with Crippen LogP contribution in [0.3, 0.4) is 0 Å². The highest BCUT2D eigenvalue weighted by Crippen LogP contribution is 2.25. The van der Waals surface area contributed by atoms with Gasteiger partial charge in [0.05, 0.1) is 19.3 Å². The Kier molecular flexibility index (Phi) is 4.67. The van der Waals surface area contributed by atoms with Crippen LogP contribution in [0.25, 0.3) is 11.0 Å². The zero-order chi connectivity index (χ0) is 17.1. The number of furan rings is 1. The fourth-order valence-corrected chi connectivity index (χ4v) is 2.76. The fraction of sp³-hybridized carbons (Fsp3) is 0.250. The zero-order valence-corrected chi connectivity index (χ0v) is 14.2. The number of anilines is 1. The molecular formula is C20H21NO3. The van der Waals surface area contributed by atoms with E-state index in [4.69, 9.17) is 9.15 Å². The highest BCUT2D eigenvalue weighted by Gasteiger charge is 2.12. The van der Waals surface area contributed by atoms with Crippen LogP contribution in [0.1, 0.15) is 22.3 Å². The Balaban J connectivity index is 1.75. The van der Waals surface area contributed by atoms with Gasteiger partial charge in [-0.3, -0.25) is 4.79 Å². The molecule has 0 bridgehead atoms. The van der Waals surface area contributed by atoms with E-state index in [1.165, 1.54) is 11.1 Å². The second-order valence-electron chi connectivity index (χ2n) is 6.05. The largest absolute Gasteiger partial charge is 0.464 e. The number of nitrogens with one attached hydrogen (secondary N) is 1. The second kappa shape index (κ2) is 6.89. The van der Waals surface area contributed by atoms with E-state index in [9.17, 15) is 4.79 Å². The quantitative estimate of drug-likeness (QED) is 0.758. The number of methoxy groups -OCH3 is 1. The number of ether oxygens (including phenoxy) is 1. The first-order chi connectivity index (χ1) is 11.6. The van der Waals surface area contributed by atoms with Crippen LogP contribution < -0.4 is 5.32 Å². The predicted molar refractivity (Wildman–Crippen MR) is 95.2 cm³/mol. The lowest BCUT2D eigenvalue weighted by Gasteiger charge is -2.07. The van der Waals surface area contributed by atoms with Crippen molar-refractivity contribution in [1.29, 1.82) is 0 Å². The normalized spacial score (nSPS) is 11.0. The van der Waals surface area contributed by atoms with Gasteiger partial charge in [-0.05, 0) is 54.8 Å². The minimum atomic E-state index is -0.0644. The minimum absolute atomic E-state index is 0.0644. The fourth-order valence-electron chi connectivity index (χ4n) is 2.76. The van der Waals surface area contributed by atoms with Crippen LogP contribution in [0, 0.1) is 13.8 Å². The van der Waals surface area contributed by atoms with Crippen molar-refractivity contribution < 1.29 is 13.9 Å². The van der Waals surface area contributed by atoms with Gasteiger partial charge < -0.3 is 14.5 Å². The molecule has 1 aromatic heterocycles. The number of carbonyl (C=O) groups is 1. The van der Waals surface area contributed by atoms with E-state index in [-0.39, 0.29) is 12.3 Å². The molecule has 0 radical (unpaired) electrons. The summed E-state index contributed by atoms with van der Waals surface area (Å²) in [6.07, 6.45) is 1.95. The molecule has 0 unspecified atom stereocenters. The molecule has 0 atom stereocenters. The Morgan fingerprint density at radius 3 is 2.75 bits per heavy atom. The predicted octanol–water partition coefficient (Wildman–Crippen LogP) is 4.38. The number of amides is 1. The summed E-state index contributed by atoms with van der Waals surface area (Å²) < 4.78 is 10.7. The monoisotopic (exact) mass is 323 g/mol. The summed E-state index contributed by atoms with van der Waals surface area (Å²) in [4.78, 5) is 12.4. The summed E-state index contributed by atoms with van der Waals surface area (Å²) in [5.74, 6) is -0.0644. The van der Waals surface area contributed by atoms with Crippen LogP contribution >= 0.6 is 0 Å². The molecular weight excluding hydrogens is 302 g/mol. The topological polar surface area (TPSA) is 51.5 Å². The molecule has 0 fully saturated rings. The average Bonchev–Trinajstić information content (AvgIpc) is 2.90. The van der Waals surface area contributed by atoms with Crippen molar-refractivity contribution in [3.8, 4) is 0 Å². The number of aryl methyl sites for hydroxylation is 2. The van der Waals surface area contributed by atoms with Crippen molar-refractivity contribution in [3.63, 3.8) is 0 Å². The van der Waals surface area contributed by atoms with Crippen LogP contribution in [-0.4, -0.2) is 13.0 Å². The maximum absolute atomic E-state index is 12.4. The minimum Gasteiger partial charge on any atom is -0.464 e. The molecule has 1 heterocycles. The van der Waals surface area contributed by atoms with Crippen molar-refractivity contribution in [3.05, 3.63) is 64.9 Å². The molecule has 0 aliphatic rings. The van der Waals surface area contributed by atoms with Crippen molar-refractivity contribution in [2.45, 2.75) is 26.9 Å².